The van der Waals surface area contributed by atoms with Gasteiger partial charge in [0.25, 0.3) is 0 Å². The second-order valence-corrected chi connectivity index (χ2v) is 23.6. The van der Waals surface area contributed by atoms with Crippen molar-refractivity contribution in [2.75, 3.05) is 6.61 Å². The summed E-state index contributed by atoms with van der Waals surface area (Å²) in [5, 5.41) is 23.3. The highest BCUT2D eigenvalue weighted by molar-refractivity contribution is 5.76. The molecule has 0 aliphatic heterocycles. The summed E-state index contributed by atoms with van der Waals surface area (Å²) in [4.78, 5) is 12.5. The average Bonchev–Trinajstić information content (AvgIpc) is 3.42. The zero-order valence-corrected chi connectivity index (χ0v) is 51.5. The lowest BCUT2D eigenvalue weighted by Crippen LogP contribution is -2.45. The smallest absolute Gasteiger partial charge is 0.220 e. The molecule has 0 saturated heterocycles. The van der Waals surface area contributed by atoms with E-state index in [1.54, 1.807) is 6.08 Å². The number of aliphatic hydroxyl groups excluding tert-OH is 2. The first kappa shape index (κ1) is 74.1. The highest BCUT2D eigenvalue weighted by atomic mass is 16.3. The molecule has 3 N–H and O–H groups in total. The van der Waals surface area contributed by atoms with Gasteiger partial charge >= 0.3 is 0 Å². The standard InChI is InChI=1S/C72H135NO3/c1-3-5-7-9-11-13-15-17-19-21-23-25-27-28-29-30-31-32-33-34-35-36-37-38-39-40-41-42-43-44-46-48-50-52-54-56-58-60-62-64-66-68-72(76)73-70(69-74)71(75)67-65-63-61-59-57-55-53-51-49-47-45-26-24-22-20-18-16-14-12-10-8-6-4-2/h5,7,11,13,17,19,23,25,65,67,70-71,74-75H,3-4,6,8-10,12,14-16,18,20-22,24,26-64,66,68-69H2,1-2H3,(H,73,76)/b7-5-,13-11-,19-17-,25-23-,67-65+. The molecule has 76 heavy (non-hydrogen) atoms. The van der Waals surface area contributed by atoms with E-state index in [0.717, 1.165) is 51.4 Å². The van der Waals surface area contributed by atoms with E-state index in [2.05, 4.69) is 67.8 Å². The number of amides is 1. The number of nitrogens with one attached hydrogen (secondary N) is 1. The van der Waals surface area contributed by atoms with E-state index in [1.807, 2.05) is 6.08 Å². The van der Waals surface area contributed by atoms with Crippen LogP contribution in [0.2, 0.25) is 0 Å². The van der Waals surface area contributed by atoms with Gasteiger partial charge in [-0.15, -0.1) is 0 Å². The largest absolute Gasteiger partial charge is 0.394 e. The van der Waals surface area contributed by atoms with Gasteiger partial charge in [0.2, 0.25) is 5.91 Å². The van der Waals surface area contributed by atoms with Gasteiger partial charge in [-0.25, -0.2) is 0 Å². The fraction of sp³-hybridized carbons (Fsp3) is 0.847. The van der Waals surface area contributed by atoms with E-state index in [9.17, 15) is 15.0 Å². The number of carbonyl (C=O) groups excluding carboxylic acids is 1. The van der Waals surface area contributed by atoms with E-state index in [1.165, 1.54) is 302 Å². The number of hydrogen-bond acceptors (Lipinski definition) is 3. The van der Waals surface area contributed by atoms with Gasteiger partial charge in [0.15, 0.2) is 0 Å². The highest BCUT2D eigenvalue weighted by Crippen LogP contribution is 2.19. The quantitative estimate of drug-likeness (QED) is 0.0420. The van der Waals surface area contributed by atoms with Crippen molar-refractivity contribution in [2.45, 2.75) is 386 Å². The Morgan fingerprint density at radius 2 is 0.579 bits per heavy atom. The fourth-order valence-corrected chi connectivity index (χ4v) is 10.8. The van der Waals surface area contributed by atoms with Crippen molar-refractivity contribution >= 4 is 5.91 Å². The molecular formula is C72H135NO3. The predicted molar refractivity (Wildman–Crippen MR) is 341 cm³/mol. The maximum atomic E-state index is 12.5. The number of carbonyl (C=O) groups is 1. The molecule has 0 rings (SSSR count). The van der Waals surface area contributed by atoms with Gasteiger partial charge in [-0.3, -0.25) is 4.79 Å². The van der Waals surface area contributed by atoms with Crippen molar-refractivity contribution in [1.29, 1.82) is 0 Å². The Morgan fingerprint density at radius 3 is 0.868 bits per heavy atom. The predicted octanol–water partition coefficient (Wildman–Crippen LogP) is 23.5. The summed E-state index contributed by atoms with van der Waals surface area (Å²) in [6.07, 6.45) is 96.0. The van der Waals surface area contributed by atoms with Crippen molar-refractivity contribution in [3.05, 3.63) is 60.8 Å². The maximum absolute atomic E-state index is 12.5. The summed E-state index contributed by atoms with van der Waals surface area (Å²) >= 11 is 0. The molecule has 0 aromatic heterocycles. The molecule has 1 amide bonds. The Labute approximate surface area is 477 Å². The van der Waals surface area contributed by atoms with E-state index in [4.69, 9.17) is 0 Å². The Morgan fingerprint density at radius 1 is 0.329 bits per heavy atom. The average molecular weight is 1060 g/mol. The number of rotatable bonds is 64. The topological polar surface area (TPSA) is 69.6 Å². The second kappa shape index (κ2) is 67.4. The normalized spacial score (nSPS) is 13.1. The van der Waals surface area contributed by atoms with Crippen LogP contribution in [0.3, 0.4) is 0 Å². The minimum atomic E-state index is -0.839. The van der Waals surface area contributed by atoms with Gasteiger partial charge in [0.05, 0.1) is 18.8 Å². The Hall–Kier alpha value is -1.91. The van der Waals surface area contributed by atoms with Gasteiger partial charge in [-0.1, -0.05) is 370 Å². The van der Waals surface area contributed by atoms with Crippen molar-refractivity contribution < 1.29 is 15.0 Å². The summed E-state index contributed by atoms with van der Waals surface area (Å²) in [5.74, 6) is -0.0561. The van der Waals surface area contributed by atoms with Crippen LogP contribution in [0, 0.1) is 0 Å². The minimum absolute atomic E-state index is 0.0561. The fourth-order valence-electron chi connectivity index (χ4n) is 10.8. The molecule has 4 nitrogen and oxygen atoms in total. The van der Waals surface area contributed by atoms with E-state index >= 15 is 0 Å². The summed E-state index contributed by atoms with van der Waals surface area (Å²) in [6, 6.07) is -0.622. The van der Waals surface area contributed by atoms with Crippen LogP contribution in [-0.4, -0.2) is 34.9 Å². The monoisotopic (exact) mass is 1060 g/mol. The molecule has 0 spiro atoms. The molecule has 0 aliphatic rings. The summed E-state index contributed by atoms with van der Waals surface area (Å²) in [5.41, 5.74) is 0. The Balaban J connectivity index is 3.39. The molecule has 0 aromatic carbocycles. The molecule has 0 bridgehead atoms. The molecule has 0 aromatic rings. The third kappa shape index (κ3) is 62.9. The molecule has 446 valence electrons. The van der Waals surface area contributed by atoms with Crippen molar-refractivity contribution in [2.24, 2.45) is 0 Å². The van der Waals surface area contributed by atoms with Crippen LogP contribution in [0.1, 0.15) is 373 Å². The Kier molecular flexibility index (Phi) is 65.7. The van der Waals surface area contributed by atoms with Crippen LogP contribution in [0.5, 0.6) is 0 Å². The molecular weight excluding hydrogens is 927 g/mol. The highest BCUT2D eigenvalue weighted by Gasteiger charge is 2.18. The van der Waals surface area contributed by atoms with Crippen molar-refractivity contribution in [1.82, 2.24) is 5.32 Å². The van der Waals surface area contributed by atoms with Gasteiger partial charge < -0.3 is 15.5 Å². The van der Waals surface area contributed by atoms with Crippen molar-refractivity contribution in [3.63, 3.8) is 0 Å². The van der Waals surface area contributed by atoms with Crippen LogP contribution in [0.25, 0.3) is 0 Å². The summed E-state index contributed by atoms with van der Waals surface area (Å²) < 4.78 is 0. The lowest BCUT2D eigenvalue weighted by Gasteiger charge is -2.20. The third-order valence-electron chi connectivity index (χ3n) is 16.0. The zero-order valence-electron chi connectivity index (χ0n) is 51.5. The zero-order chi connectivity index (χ0) is 54.8. The summed E-state index contributed by atoms with van der Waals surface area (Å²) in [6.45, 7) is 4.23. The number of allylic oxidation sites excluding steroid dienone is 9. The first-order valence-corrected chi connectivity index (χ1v) is 34.5. The van der Waals surface area contributed by atoms with E-state index in [0.29, 0.717) is 6.42 Å². The van der Waals surface area contributed by atoms with Crippen LogP contribution < -0.4 is 5.32 Å². The Bertz CT molecular complexity index is 1250. The van der Waals surface area contributed by atoms with Gasteiger partial charge in [0.1, 0.15) is 0 Å². The molecule has 2 unspecified atom stereocenters. The van der Waals surface area contributed by atoms with Gasteiger partial charge in [-0.2, -0.15) is 0 Å². The number of hydrogen-bond donors (Lipinski definition) is 3. The first-order chi connectivity index (χ1) is 37.7. The van der Waals surface area contributed by atoms with E-state index in [-0.39, 0.29) is 12.5 Å². The summed E-state index contributed by atoms with van der Waals surface area (Å²) in [7, 11) is 0. The van der Waals surface area contributed by atoms with Crippen LogP contribution in [0.15, 0.2) is 60.8 Å². The SMILES string of the molecule is CC/C=C\C/C=C\C/C=C\C/C=C\CCCCCCCCCCCCCCCCCCCCCCCCCCCCCCC(=O)NC(CO)C(O)/C=C/CCCCCCCCCCCCCCCCCCCCCCC. The molecule has 0 fully saturated rings. The minimum Gasteiger partial charge on any atom is -0.394 e. The van der Waals surface area contributed by atoms with Gasteiger partial charge in [0, 0.05) is 6.42 Å². The second-order valence-electron chi connectivity index (χ2n) is 23.6. The number of unbranched alkanes of at least 4 members (excludes halogenated alkanes) is 49. The third-order valence-corrected chi connectivity index (χ3v) is 16.0. The molecule has 2 atom stereocenters. The molecule has 4 heteroatoms. The van der Waals surface area contributed by atoms with Crippen molar-refractivity contribution in [3.8, 4) is 0 Å². The lowest BCUT2D eigenvalue weighted by atomic mass is 10.0. The van der Waals surface area contributed by atoms with Gasteiger partial charge in [-0.05, 0) is 57.8 Å². The van der Waals surface area contributed by atoms with E-state index < -0.39 is 12.1 Å². The lowest BCUT2D eigenvalue weighted by molar-refractivity contribution is -0.123. The maximum Gasteiger partial charge on any atom is 0.220 e. The van der Waals surface area contributed by atoms with Crippen LogP contribution in [-0.2, 0) is 4.79 Å². The molecule has 0 heterocycles. The first-order valence-electron chi connectivity index (χ1n) is 34.5. The number of aliphatic hydroxyl groups is 2. The molecule has 0 radical (unpaired) electrons. The van der Waals surface area contributed by atoms with Crippen LogP contribution >= 0.6 is 0 Å². The molecule has 0 aliphatic carbocycles. The molecule has 0 saturated carbocycles. The van der Waals surface area contributed by atoms with Crippen LogP contribution in [0.4, 0.5) is 0 Å².